The van der Waals surface area contributed by atoms with E-state index in [1.54, 1.807) is 0 Å². The summed E-state index contributed by atoms with van der Waals surface area (Å²) in [6.45, 7) is -13.2. The highest BCUT2D eigenvalue weighted by Crippen LogP contribution is 2.22. The second-order valence-electron chi connectivity index (χ2n) is 3.33. The molecule has 1 aromatic carbocycles. The first kappa shape index (κ1) is 4.98. The van der Waals surface area contributed by atoms with Crippen molar-refractivity contribution in [1.82, 2.24) is 4.90 Å². The number of hydrogen-bond acceptors (Lipinski definition) is 3. The summed E-state index contributed by atoms with van der Waals surface area (Å²) in [4.78, 5) is 11.2. The van der Waals surface area contributed by atoms with Crippen LogP contribution in [0.25, 0.3) is 0 Å². The summed E-state index contributed by atoms with van der Waals surface area (Å²) in [7, 11) is 0. The summed E-state index contributed by atoms with van der Waals surface area (Å²) in [5, 5.41) is 12.4. The molecule has 0 aliphatic carbocycles. The fourth-order valence-electron chi connectivity index (χ4n) is 1.27. The molecule has 17 heavy (non-hydrogen) atoms. The second kappa shape index (κ2) is 6.25. The van der Waals surface area contributed by atoms with Crippen molar-refractivity contribution >= 4 is 11.6 Å². The Balaban J connectivity index is 3.49. The number of nitrogens with zero attached hydrogens (tertiary/aromatic N) is 1. The molecule has 0 saturated carbocycles. The molecular weight excluding hydrogens is 216 g/mol. The molecule has 0 bridgehead atoms. The van der Waals surface area contributed by atoms with E-state index in [4.69, 9.17) is 13.7 Å². The highest BCUT2D eigenvalue weighted by molar-refractivity contribution is 5.88. The molecule has 0 aliphatic heterocycles. The van der Waals surface area contributed by atoms with Gasteiger partial charge in [-0.1, -0.05) is 13.7 Å². The zero-order valence-corrected chi connectivity index (χ0v) is 9.24. The number of rotatable bonds is 5. The fraction of sp³-hybridized carbons (Fsp3) is 0.462. The van der Waals surface area contributed by atoms with E-state index in [9.17, 15) is 9.90 Å². The highest BCUT2D eigenvalue weighted by Gasteiger charge is 2.07. The van der Waals surface area contributed by atoms with Gasteiger partial charge in [0.15, 0.2) is 0 Å². The van der Waals surface area contributed by atoms with Crippen LogP contribution in [-0.2, 0) is 11.3 Å². The molecule has 2 N–H and O–H groups in total. The van der Waals surface area contributed by atoms with E-state index in [0.29, 0.717) is 0 Å². The van der Waals surface area contributed by atoms with Crippen LogP contribution in [0.3, 0.4) is 0 Å². The van der Waals surface area contributed by atoms with Crippen LogP contribution in [0.5, 0.6) is 5.75 Å². The molecule has 0 unspecified atom stereocenters. The number of carbonyl (C=O) groups is 1. The van der Waals surface area contributed by atoms with Gasteiger partial charge in [0.05, 0.1) is 0 Å². The van der Waals surface area contributed by atoms with Crippen molar-refractivity contribution in [2.75, 3.05) is 18.3 Å². The van der Waals surface area contributed by atoms with Crippen molar-refractivity contribution in [2.45, 2.75) is 27.2 Å². The van der Waals surface area contributed by atoms with Crippen molar-refractivity contribution in [2.24, 2.45) is 0 Å². The van der Waals surface area contributed by atoms with E-state index >= 15 is 0 Å². The quantitative estimate of drug-likeness (QED) is 0.783. The summed E-state index contributed by atoms with van der Waals surface area (Å²) in [5.74, 6) is -0.893. The van der Waals surface area contributed by atoms with Crippen LogP contribution in [0.2, 0.25) is 0 Å². The molecule has 0 radical (unpaired) electrons. The lowest BCUT2D eigenvalue weighted by molar-refractivity contribution is -0.114. The Morgan fingerprint density at radius 1 is 1.53 bits per heavy atom. The van der Waals surface area contributed by atoms with Gasteiger partial charge in [0.2, 0.25) is 5.91 Å². The van der Waals surface area contributed by atoms with Crippen LogP contribution in [0.15, 0.2) is 18.2 Å². The minimum absolute atomic E-state index is 0.0343. The molecule has 0 saturated heterocycles. The number of amides is 1. The number of hydrogen-bond donors (Lipinski definition) is 2. The Labute approximate surface area is 116 Å². The molecule has 1 amide bonds. The summed E-state index contributed by atoms with van der Waals surface area (Å²) in [6.07, 6.45) is 0. The van der Waals surface area contributed by atoms with Crippen molar-refractivity contribution in [3.05, 3.63) is 23.8 Å². The summed E-state index contributed by atoms with van der Waals surface area (Å²) in [5.41, 5.74) is 0.0154. The zero-order chi connectivity index (χ0) is 21.4. The van der Waals surface area contributed by atoms with Gasteiger partial charge < -0.3 is 10.4 Å². The van der Waals surface area contributed by atoms with Crippen LogP contribution in [-0.4, -0.2) is 28.9 Å². The predicted molar refractivity (Wildman–Crippen MR) is 69.0 cm³/mol. The lowest BCUT2D eigenvalue weighted by Crippen LogP contribution is -2.22. The van der Waals surface area contributed by atoms with Crippen LogP contribution in [0.1, 0.15) is 39.9 Å². The van der Waals surface area contributed by atoms with E-state index in [1.807, 2.05) is 0 Å². The number of phenolic OH excluding ortho intramolecular Hbond substituents is 1. The molecule has 4 nitrogen and oxygen atoms in total. The van der Waals surface area contributed by atoms with Gasteiger partial charge in [0, 0.05) is 38.4 Å². The number of nitrogens with one attached hydrogen (secondary N) is 1. The SMILES string of the molecule is [2H]C([2H])([2H])C([2H])([2H])N(Cc1cc(NC(C)=O)ccc1O)C([2H])([2H])C([2H])([2H])[2H]. The van der Waals surface area contributed by atoms with Crippen molar-refractivity contribution in [1.29, 1.82) is 0 Å². The second-order valence-corrected chi connectivity index (χ2v) is 3.33. The maximum Gasteiger partial charge on any atom is 0.221 e. The molecule has 1 aromatic rings. The van der Waals surface area contributed by atoms with Crippen LogP contribution >= 0.6 is 0 Å². The van der Waals surface area contributed by atoms with Gasteiger partial charge in [0.1, 0.15) is 5.75 Å². The monoisotopic (exact) mass is 246 g/mol. The Morgan fingerprint density at radius 2 is 2.24 bits per heavy atom. The molecule has 1 rings (SSSR count). The van der Waals surface area contributed by atoms with Gasteiger partial charge in [0.25, 0.3) is 0 Å². The highest BCUT2D eigenvalue weighted by atomic mass is 16.3. The number of carbonyl (C=O) groups excluding carboxylic acids is 1. The number of benzene rings is 1. The molecular formula is C13H20N2O2. The van der Waals surface area contributed by atoms with E-state index in [1.165, 1.54) is 19.1 Å². The minimum Gasteiger partial charge on any atom is -0.508 e. The minimum atomic E-state index is -3.38. The average molecular weight is 246 g/mol. The van der Waals surface area contributed by atoms with Crippen LogP contribution in [0, 0.1) is 0 Å². The predicted octanol–water partition coefficient (Wildman–Crippen LogP) is 2.19. The summed E-state index contributed by atoms with van der Waals surface area (Å²) < 4.78 is 75.5. The van der Waals surface area contributed by atoms with Gasteiger partial charge in [-0.3, -0.25) is 9.69 Å². The van der Waals surface area contributed by atoms with Crippen molar-refractivity contribution < 1.29 is 23.6 Å². The topological polar surface area (TPSA) is 52.6 Å². The fourth-order valence-corrected chi connectivity index (χ4v) is 1.27. The van der Waals surface area contributed by atoms with E-state index < -0.39 is 44.9 Å². The third-order valence-corrected chi connectivity index (χ3v) is 2.00. The van der Waals surface area contributed by atoms with E-state index in [2.05, 4.69) is 5.32 Å². The van der Waals surface area contributed by atoms with Crippen molar-refractivity contribution in [3.8, 4) is 5.75 Å². The maximum absolute atomic E-state index is 11.2. The molecule has 0 fully saturated rings. The number of anilines is 1. The van der Waals surface area contributed by atoms with Gasteiger partial charge in [-0.25, -0.2) is 0 Å². The molecule has 0 atom stereocenters. The van der Waals surface area contributed by atoms with E-state index in [0.717, 1.165) is 6.07 Å². The van der Waals surface area contributed by atoms with Crippen LogP contribution < -0.4 is 5.32 Å². The Hall–Kier alpha value is -1.55. The first-order chi connectivity index (χ1) is 11.9. The Morgan fingerprint density at radius 3 is 2.82 bits per heavy atom. The van der Waals surface area contributed by atoms with Gasteiger partial charge in [-0.2, -0.15) is 0 Å². The smallest absolute Gasteiger partial charge is 0.221 e. The van der Waals surface area contributed by atoms with Crippen molar-refractivity contribution in [3.63, 3.8) is 0 Å². The number of aromatic hydroxyl groups is 1. The number of phenols is 1. The Kier molecular flexibility index (Phi) is 1.83. The normalized spacial score (nSPS) is 22.5. The summed E-state index contributed by atoms with van der Waals surface area (Å²) in [6, 6.07) is 3.63. The molecule has 94 valence electrons. The molecule has 0 spiro atoms. The first-order valence-corrected chi connectivity index (χ1v) is 4.78. The average Bonchev–Trinajstić information content (AvgIpc) is 2.44. The third kappa shape index (κ3) is 4.07. The zero-order valence-electron chi connectivity index (χ0n) is 19.2. The van der Waals surface area contributed by atoms with E-state index in [-0.39, 0.29) is 16.2 Å². The van der Waals surface area contributed by atoms with Gasteiger partial charge in [-0.15, -0.1) is 0 Å². The lowest BCUT2D eigenvalue weighted by atomic mass is 10.1. The van der Waals surface area contributed by atoms with Gasteiger partial charge >= 0.3 is 0 Å². The third-order valence-electron chi connectivity index (χ3n) is 2.00. The Bertz CT molecular complexity index is 673. The molecule has 0 aliphatic rings. The summed E-state index contributed by atoms with van der Waals surface area (Å²) >= 11 is 0. The standard InChI is InChI=1S/C13H20N2O2/c1-4-15(5-2)9-11-8-12(14-10(3)16)6-7-13(11)17/h6-8,17H,4-5,9H2,1-3H3,(H,14,16)/i1D3,2D3,4D2,5D2. The van der Waals surface area contributed by atoms with Gasteiger partial charge in [-0.05, 0) is 31.2 Å². The largest absolute Gasteiger partial charge is 0.508 e. The maximum atomic E-state index is 11.2. The van der Waals surface area contributed by atoms with Crippen LogP contribution in [0.4, 0.5) is 5.69 Å². The molecule has 0 heterocycles. The lowest BCUT2D eigenvalue weighted by Gasteiger charge is -2.19. The first-order valence-electron chi connectivity index (χ1n) is 9.78. The molecule has 0 aromatic heterocycles. The molecule has 4 heteroatoms.